The maximum atomic E-state index is 5.32. The van der Waals surface area contributed by atoms with Crippen LogP contribution in [-0.4, -0.2) is 16.0 Å². The van der Waals surface area contributed by atoms with Gasteiger partial charge in [0, 0.05) is 17.3 Å². The van der Waals surface area contributed by atoms with Crippen molar-refractivity contribution < 1.29 is 0 Å². The van der Waals surface area contributed by atoms with E-state index in [9.17, 15) is 0 Å². The number of hydrogen-bond acceptors (Lipinski definition) is 3. The van der Waals surface area contributed by atoms with Crippen molar-refractivity contribution in [3.05, 3.63) is 71.9 Å². The molecule has 0 spiro atoms. The molecule has 0 saturated carbocycles. The lowest BCUT2D eigenvalue weighted by Crippen LogP contribution is -1.94. The number of hydrogen-bond donors (Lipinski definition) is 1. The van der Waals surface area contributed by atoms with Crippen molar-refractivity contribution in [2.45, 2.75) is 6.92 Å². The Balaban J connectivity index is 2.14. The number of hydrazone groups is 1. The third-order valence-corrected chi connectivity index (χ3v) is 3.27. The maximum absolute atomic E-state index is 5.32. The SMILES string of the molecule is Cc1cccc(-c2nn(-c3ccccc3)cc2/C=N\N)c1. The van der Waals surface area contributed by atoms with Crippen LogP contribution in [0, 0.1) is 6.92 Å². The number of para-hydroxylation sites is 1. The fraction of sp³-hybridized carbons (Fsp3) is 0.0588. The third kappa shape index (κ3) is 2.69. The van der Waals surface area contributed by atoms with E-state index in [1.807, 2.05) is 53.3 Å². The van der Waals surface area contributed by atoms with Gasteiger partial charge in [-0.05, 0) is 25.1 Å². The average molecular weight is 276 g/mol. The van der Waals surface area contributed by atoms with Gasteiger partial charge in [-0.1, -0.05) is 42.0 Å². The summed E-state index contributed by atoms with van der Waals surface area (Å²) < 4.78 is 1.84. The molecule has 2 aromatic carbocycles. The monoisotopic (exact) mass is 276 g/mol. The molecule has 0 fully saturated rings. The van der Waals surface area contributed by atoms with Gasteiger partial charge in [0.15, 0.2) is 0 Å². The van der Waals surface area contributed by atoms with Crippen molar-refractivity contribution in [2.24, 2.45) is 10.9 Å². The van der Waals surface area contributed by atoms with Gasteiger partial charge in [-0.15, -0.1) is 0 Å². The molecule has 3 rings (SSSR count). The van der Waals surface area contributed by atoms with E-state index < -0.39 is 0 Å². The summed E-state index contributed by atoms with van der Waals surface area (Å²) in [7, 11) is 0. The molecule has 3 aromatic rings. The molecule has 0 aliphatic rings. The zero-order valence-corrected chi connectivity index (χ0v) is 11.8. The normalized spacial score (nSPS) is 11.1. The van der Waals surface area contributed by atoms with Gasteiger partial charge in [0.05, 0.1) is 11.9 Å². The molecule has 1 aromatic heterocycles. The van der Waals surface area contributed by atoms with E-state index in [0.29, 0.717) is 0 Å². The lowest BCUT2D eigenvalue weighted by Gasteiger charge is -2.01. The van der Waals surface area contributed by atoms with Gasteiger partial charge < -0.3 is 5.84 Å². The van der Waals surface area contributed by atoms with Crippen LogP contribution in [0.5, 0.6) is 0 Å². The van der Waals surface area contributed by atoms with E-state index in [1.54, 1.807) is 6.21 Å². The van der Waals surface area contributed by atoms with Crippen LogP contribution in [-0.2, 0) is 0 Å². The minimum atomic E-state index is 0.872. The average Bonchev–Trinajstić information content (AvgIpc) is 2.93. The quantitative estimate of drug-likeness (QED) is 0.454. The summed E-state index contributed by atoms with van der Waals surface area (Å²) in [5, 5.41) is 8.32. The second-order valence-corrected chi connectivity index (χ2v) is 4.86. The van der Waals surface area contributed by atoms with Crippen LogP contribution in [0.15, 0.2) is 65.9 Å². The predicted molar refractivity (Wildman–Crippen MR) is 85.5 cm³/mol. The van der Waals surface area contributed by atoms with E-state index in [4.69, 9.17) is 5.84 Å². The molecule has 0 aliphatic heterocycles. The fourth-order valence-electron chi connectivity index (χ4n) is 2.29. The first kappa shape index (κ1) is 13.1. The minimum absolute atomic E-state index is 0.872. The highest BCUT2D eigenvalue weighted by atomic mass is 15.3. The van der Waals surface area contributed by atoms with Crippen LogP contribution >= 0.6 is 0 Å². The first-order chi connectivity index (χ1) is 10.3. The lowest BCUT2D eigenvalue weighted by molar-refractivity contribution is 0.884. The molecule has 4 heteroatoms. The zero-order valence-electron chi connectivity index (χ0n) is 11.8. The Hall–Kier alpha value is -2.88. The highest BCUT2D eigenvalue weighted by molar-refractivity contribution is 5.88. The second kappa shape index (κ2) is 5.63. The van der Waals surface area contributed by atoms with Gasteiger partial charge in [-0.2, -0.15) is 10.2 Å². The van der Waals surface area contributed by atoms with Crippen molar-refractivity contribution in [3.8, 4) is 16.9 Å². The Morgan fingerprint density at radius 1 is 1.10 bits per heavy atom. The summed E-state index contributed by atoms with van der Waals surface area (Å²) in [6, 6.07) is 18.2. The molecule has 0 unspecified atom stereocenters. The fourth-order valence-corrected chi connectivity index (χ4v) is 2.29. The van der Waals surface area contributed by atoms with Crippen LogP contribution in [0.3, 0.4) is 0 Å². The van der Waals surface area contributed by atoms with Crippen molar-refractivity contribution in [1.29, 1.82) is 0 Å². The summed E-state index contributed by atoms with van der Waals surface area (Å²) in [6.45, 7) is 2.06. The number of nitrogens with zero attached hydrogens (tertiary/aromatic N) is 3. The molecule has 1 heterocycles. The van der Waals surface area contributed by atoms with Gasteiger partial charge in [0.25, 0.3) is 0 Å². The molecule has 2 N–H and O–H groups in total. The second-order valence-electron chi connectivity index (χ2n) is 4.86. The van der Waals surface area contributed by atoms with E-state index in [1.165, 1.54) is 5.56 Å². The van der Waals surface area contributed by atoms with E-state index in [2.05, 4.69) is 29.3 Å². The third-order valence-electron chi connectivity index (χ3n) is 3.27. The molecule has 0 aliphatic carbocycles. The highest BCUT2D eigenvalue weighted by Crippen LogP contribution is 2.23. The molecular formula is C17H16N4. The lowest BCUT2D eigenvalue weighted by atomic mass is 10.1. The van der Waals surface area contributed by atoms with Gasteiger partial charge in [-0.3, -0.25) is 0 Å². The Kier molecular flexibility index (Phi) is 3.51. The largest absolute Gasteiger partial charge is 0.323 e. The van der Waals surface area contributed by atoms with Gasteiger partial charge in [0.2, 0.25) is 0 Å². The molecule has 0 bridgehead atoms. The van der Waals surface area contributed by atoms with E-state index in [0.717, 1.165) is 22.5 Å². The molecular weight excluding hydrogens is 260 g/mol. The van der Waals surface area contributed by atoms with Crippen LogP contribution in [0.1, 0.15) is 11.1 Å². The first-order valence-corrected chi connectivity index (χ1v) is 6.73. The smallest absolute Gasteiger partial charge is 0.102 e. The molecule has 0 radical (unpaired) electrons. The van der Waals surface area contributed by atoms with E-state index >= 15 is 0 Å². The summed E-state index contributed by atoms with van der Waals surface area (Å²) in [5.41, 5.74) is 5.02. The number of nitrogens with two attached hydrogens (primary N) is 1. The van der Waals surface area contributed by atoms with E-state index in [-0.39, 0.29) is 0 Å². The Morgan fingerprint density at radius 3 is 2.62 bits per heavy atom. The molecule has 4 nitrogen and oxygen atoms in total. The highest BCUT2D eigenvalue weighted by Gasteiger charge is 2.10. The predicted octanol–water partition coefficient (Wildman–Crippen LogP) is 3.14. The Labute approximate surface area is 123 Å². The summed E-state index contributed by atoms with van der Waals surface area (Å²) in [6.07, 6.45) is 3.56. The number of rotatable bonds is 3. The van der Waals surface area contributed by atoms with Crippen molar-refractivity contribution >= 4 is 6.21 Å². The Bertz CT molecular complexity index is 772. The van der Waals surface area contributed by atoms with Crippen LogP contribution < -0.4 is 5.84 Å². The van der Waals surface area contributed by atoms with Crippen molar-refractivity contribution in [1.82, 2.24) is 9.78 Å². The molecule has 21 heavy (non-hydrogen) atoms. The maximum Gasteiger partial charge on any atom is 0.102 e. The first-order valence-electron chi connectivity index (χ1n) is 6.73. The summed E-state index contributed by atoms with van der Waals surface area (Å²) in [5.74, 6) is 5.32. The molecule has 0 amide bonds. The van der Waals surface area contributed by atoms with Crippen LogP contribution in [0.25, 0.3) is 16.9 Å². The Morgan fingerprint density at radius 2 is 1.90 bits per heavy atom. The van der Waals surface area contributed by atoms with Gasteiger partial charge in [0.1, 0.15) is 5.69 Å². The topological polar surface area (TPSA) is 56.2 Å². The zero-order chi connectivity index (χ0) is 14.7. The molecule has 0 saturated heterocycles. The van der Waals surface area contributed by atoms with Crippen LogP contribution in [0.4, 0.5) is 0 Å². The van der Waals surface area contributed by atoms with Gasteiger partial charge in [-0.25, -0.2) is 4.68 Å². The molecule has 0 atom stereocenters. The standard InChI is InChI=1S/C17H16N4/c1-13-6-5-7-14(10-13)17-15(11-19-18)12-21(20-17)16-8-3-2-4-9-16/h2-12H,18H2,1H3/b19-11-. The minimum Gasteiger partial charge on any atom is -0.323 e. The summed E-state index contributed by atoms with van der Waals surface area (Å²) in [4.78, 5) is 0. The van der Waals surface area contributed by atoms with Crippen LogP contribution in [0.2, 0.25) is 0 Å². The number of aryl methyl sites for hydroxylation is 1. The van der Waals surface area contributed by atoms with Crippen molar-refractivity contribution in [2.75, 3.05) is 0 Å². The number of benzene rings is 2. The number of aromatic nitrogens is 2. The van der Waals surface area contributed by atoms with Gasteiger partial charge >= 0.3 is 0 Å². The molecule has 104 valence electrons. The summed E-state index contributed by atoms with van der Waals surface area (Å²) >= 11 is 0. The van der Waals surface area contributed by atoms with Crippen molar-refractivity contribution in [3.63, 3.8) is 0 Å².